The Morgan fingerprint density at radius 2 is 1.86 bits per heavy atom. The van der Waals surface area contributed by atoms with E-state index in [0.29, 0.717) is 29.2 Å². The van der Waals surface area contributed by atoms with E-state index in [0.717, 1.165) is 42.1 Å². The lowest BCUT2D eigenvalue weighted by molar-refractivity contribution is 0.102. The fraction of sp³-hybridized carbons (Fsp3) is 0.286. The van der Waals surface area contributed by atoms with Gasteiger partial charge in [0, 0.05) is 42.5 Å². The number of anilines is 2. The van der Waals surface area contributed by atoms with Gasteiger partial charge in [-0.1, -0.05) is 18.2 Å². The smallest absolute Gasteiger partial charge is 0.256 e. The number of nitrogens with one attached hydrogen (secondary N) is 1. The van der Waals surface area contributed by atoms with Gasteiger partial charge in [0.15, 0.2) is 0 Å². The van der Waals surface area contributed by atoms with Crippen molar-refractivity contribution in [2.45, 2.75) is 38.0 Å². The van der Waals surface area contributed by atoms with E-state index in [1.54, 1.807) is 12.4 Å². The predicted octanol–water partition coefficient (Wildman–Crippen LogP) is 4.83. The normalized spacial score (nSPS) is 17.8. The summed E-state index contributed by atoms with van der Waals surface area (Å²) in [5, 5.41) is 2.92. The van der Waals surface area contributed by atoms with Crippen molar-refractivity contribution < 1.29 is 4.79 Å². The minimum Gasteiger partial charge on any atom is -0.377 e. The molecule has 4 heterocycles. The van der Waals surface area contributed by atoms with Gasteiger partial charge in [0.2, 0.25) is 5.95 Å². The van der Waals surface area contributed by atoms with E-state index in [2.05, 4.69) is 32.5 Å². The van der Waals surface area contributed by atoms with Crippen LogP contribution in [0.1, 0.15) is 59.6 Å². The molecule has 8 nitrogen and oxygen atoms in total. The number of carbonyl (C=O) groups is 1. The van der Waals surface area contributed by atoms with Crippen LogP contribution in [0.5, 0.6) is 0 Å². The lowest BCUT2D eigenvalue weighted by Gasteiger charge is -2.12. The Kier molecular flexibility index (Phi) is 5.64. The molecule has 1 atom stereocenters. The van der Waals surface area contributed by atoms with Crippen LogP contribution in [0.4, 0.5) is 11.8 Å². The highest BCUT2D eigenvalue weighted by Gasteiger charge is 2.28. The van der Waals surface area contributed by atoms with E-state index < -0.39 is 0 Å². The molecule has 1 aromatic carbocycles. The second-order valence-electron chi connectivity index (χ2n) is 9.59. The first-order valence-electron chi connectivity index (χ1n) is 12.5. The lowest BCUT2D eigenvalue weighted by Crippen LogP contribution is -2.13. The van der Waals surface area contributed by atoms with Crippen LogP contribution in [0.15, 0.2) is 67.1 Å². The summed E-state index contributed by atoms with van der Waals surface area (Å²) in [4.78, 5) is 28.9. The minimum atomic E-state index is -0.188. The number of nitrogen functional groups attached to an aromatic ring is 1. The van der Waals surface area contributed by atoms with Gasteiger partial charge in [-0.2, -0.15) is 0 Å². The van der Waals surface area contributed by atoms with Crippen LogP contribution in [-0.2, 0) is 0 Å². The first-order chi connectivity index (χ1) is 17.6. The zero-order valence-corrected chi connectivity index (χ0v) is 20.3. The Balaban J connectivity index is 1.27. The largest absolute Gasteiger partial charge is 0.377 e. The Hall–Kier alpha value is -4.20. The average molecular weight is 480 g/mol. The number of fused-ring (bicyclic) bond motifs is 1. The number of nitrogens with two attached hydrogens (primary N) is 1. The fourth-order valence-electron chi connectivity index (χ4n) is 5.08. The molecule has 1 aliphatic heterocycles. The minimum absolute atomic E-state index is 0.188. The molecule has 1 saturated carbocycles. The maximum absolute atomic E-state index is 12.9. The van der Waals surface area contributed by atoms with Gasteiger partial charge in [-0.3, -0.25) is 9.20 Å². The molecule has 1 amide bonds. The number of likely N-dealkylation sites (tertiary alicyclic amines) is 1. The monoisotopic (exact) mass is 479 g/mol. The second kappa shape index (κ2) is 9.11. The summed E-state index contributed by atoms with van der Waals surface area (Å²) in [5.74, 6) is 2.45. The molecule has 1 saturated heterocycles. The molecule has 0 radical (unpaired) electrons. The van der Waals surface area contributed by atoms with Crippen LogP contribution in [0, 0.1) is 0 Å². The molecule has 2 aliphatic rings. The van der Waals surface area contributed by atoms with Crippen LogP contribution in [-0.4, -0.2) is 43.2 Å². The van der Waals surface area contributed by atoms with Crippen molar-refractivity contribution >= 4 is 23.2 Å². The standard InChI is InChI=1S/C28H29N7O/c1-2-14-34-15-11-22(17-34)25-23-10-13-31-28(29)35(23)26(33-25)19-5-7-20(8-6-19)27(36)32-24-16-21(9-12-30-24)18-3-4-18/h2,5-10,12-14,16,18,22H,3-4,11,15,17H2,1H3,(H2,29,31)(H,30,32,36). The van der Waals surface area contributed by atoms with Crippen molar-refractivity contribution in [2.24, 2.45) is 0 Å². The zero-order chi connectivity index (χ0) is 24.6. The van der Waals surface area contributed by atoms with Crippen LogP contribution >= 0.6 is 0 Å². The van der Waals surface area contributed by atoms with Gasteiger partial charge in [0.1, 0.15) is 11.6 Å². The van der Waals surface area contributed by atoms with Gasteiger partial charge in [-0.05, 0) is 74.2 Å². The van der Waals surface area contributed by atoms with Crippen molar-refractivity contribution in [3.63, 3.8) is 0 Å². The number of allylic oxidation sites excluding steroid dienone is 1. The molecule has 2 fully saturated rings. The third kappa shape index (κ3) is 4.19. The molecule has 182 valence electrons. The highest BCUT2D eigenvalue weighted by molar-refractivity contribution is 6.04. The predicted molar refractivity (Wildman–Crippen MR) is 141 cm³/mol. The molecule has 1 unspecified atom stereocenters. The maximum atomic E-state index is 12.9. The summed E-state index contributed by atoms with van der Waals surface area (Å²) in [6.45, 7) is 3.97. The van der Waals surface area contributed by atoms with Gasteiger partial charge in [-0.15, -0.1) is 0 Å². The van der Waals surface area contributed by atoms with Gasteiger partial charge >= 0.3 is 0 Å². The van der Waals surface area contributed by atoms with E-state index in [1.807, 2.05) is 53.8 Å². The summed E-state index contributed by atoms with van der Waals surface area (Å²) in [7, 11) is 0. The van der Waals surface area contributed by atoms with E-state index in [4.69, 9.17) is 10.7 Å². The number of rotatable bonds is 6. The topological polar surface area (TPSA) is 101 Å². The molecule has 1 aliphatic carbocycles. The van der Waals surface area contributed by atoms with E-state index in [9.17, 15) is 4.79 Å². The van der Waals surface area contributed by atoms with E-state index in [1.165, 1.54) is 18.4 Å². The summed E-state index contributed by atoms with van der Waals surface area (Å²) in [5.41, 5.74) is 11.0. The molecule has 3 aromatic heterocycles. The quantitative estimate of drug-likeness (QED) is 0.411. The van der Waals surface area contributed by atoms with Crippen molar-refractivity contribution in [3.8, 4) is 11.4 Å². The van der Waals surface area contributed by atoms with Crippen LogP contribution in [0.2, 0.25) is 0 Å². The maximum Gasteiger partial charge on any atom is 0.256 e. The fourth-order valence-corrected chi connectivity index (χ4v) is 5.08. The summed E-state index contributed by atoms with van der Waals surface area (Å²) in [6.07, 6.45) is 11.1. The number of carbonyl (C=O) groups excluding carboxylic acids is 1. The summed E-state index contributed by atoms with van der Waals surface area (Å²) < 4.78 is 1.91. The summed E-state index contributed by atoms with van der Waals surface area (Å²) >= 11 is 0. The van der Waals surface area contributed by atoms with E-state index in [-0.39, 0.29) is 5.91 Å². The Labute approximate surface area is 209 Å². The number of hydrogen-bond donors (Lipinski definition) is 2. The zero-order valence-electron chi connectivity index (χ0n) is 20.3. The molecule has 8 heteroatoms. The van der Waals surface area contributed by atoms with Crippen LogP contribution in [0.3, 0.4) is 0 Å². The molecule has 0 spiro atoms. The molecular weight excluding hydrogens is 450 g/mol. The third-order valence-electron chi connectivity index (χ3n) is 7.06. The molecule has 0 bridgehead atoms. The third-order valence-corrected chi connectivity index (χ3v) is 7.06. The number of imidazole rings is 1. The number of benzene rings is 1. The van der Waals surface area contributed by atoms with Gasteiger partial charge < -0.3 is 16.0 Å². The average Bonchev–Trinajstić information content (AvgIpc) is 3.52. The Morgan fingerprint density at radius 3 is 2.64 bits per heavy atom. The van der Waals surface area contributed by atoms with Gasteiger partial charge in [0.05, 0.1) is 11.2 Å². The second-order valence-corrected chi connectivity index (χ2v) is 9.59. The van der Waals surface area contributed by atoms with Crippen molar-refractivity contribution in [1.82, 2.24) is 24.3 Å². The van der Waals surface area contributed by atoms with Crippen LogP contribution in [0.25, 0.3) is 16.9 Å². The molecule has 3 N–H and O–H groups in total. The van der Waals surface area contributed by atoms with Gasteiger partial charge in [0.25, 0.3) is 5.91 Å². The molecule has 6 rings (SSSR count). The lowest BCUT2D eigenvalue weighted by atomic mass is 10.0. The highest BCUT2D eigenvalue weighted by Crippen LogP contribution is 2.40. The number of nitrogens with zero attached hydrogens (tertiary/aromatic N) is 5. The number of amides is 1. The Bertz CT molecular complexity index is 1450. The van der Waals surface area contributed by atoms with Crippen molar-refractivity contribution in [1.29, 1.82) is 0 Å². The van der Waals surface area contributed by atoms with Crippen LogP contribution < -0.4 is 11.1 Å². The van der Waals surface area contributed by atoms with Crippen molar-refractivity contribution in [2.75, 3.05) is 24.1 Å². The van der Waals surface area contributed by atoms with Gasteiger partial charge in [-0.25, -0.2) is 15.0 Å². The Morgan fingerprint density at radius 1 is 1.06 bits per heavy atom. The number of hydrogen-bond acceptors (Lipinski definition) is 6. The van der Waals surface area contributed by atoms with Crippen molar-refractivity contribution in [3.05, 3.63) is 84.0 Å². The summed E-state index contributed by atoms with van der Waals surface area (Å²) in [6, 6.07) is 13.4. The highest BCUT2D eigenvalue weighted by atomic mass is 16.1. The molecular formula is C28H29N7O. The SMILES string of the molecule is CC=CN1CCC(c2nc(-c3ccc(C(=O)Nc4cc(C5CC5)ccn4)cc3)n3c(N)nccc23)C1. The number of aromatic nitrogens is 4. The first-order valence-corrected chi connectivity index (χ1v) is 12.5. The molecule has 4 aromatic rings. The first kappa shape index (κ1) is 22.3. The molecule has 36 heavy (non-hydrogen) atoms. The van der Waals surface area contributed by atoms with E-state index >= 15 is 0 Å². The number of pyridine rings is 1.